The molecule has 8 atom stereocenters. The summed E-state index contributed by atoms with van der Waals surface area (Å²) < 4.78 is 11.8. The summed E-state index contributed by atoms with van der Waals surface area (Å²) in [5.74, 6) is 3.02. The van der Waals surface area contributed by atoms with E-state index in [9.17, 15) is 15.0 Å². The number of carbonyl (C=O) groups excluding carboxylic acids is 1. The lowest BCUT2D eigenvalue weighted by molar-refractivity contribution is -0.153. The van der Waals surface area contributed by atoms with Crippen LogP contribution < -0.4 is 4.74 Å². The van der Waals surface area contributed by atoms with E-state index in [1.807, 2.05) is 12.1 Å². The molecule has 5 nitrogen and oxygen atoms in total. The van der Waals surface area contributed by atoms with Gasteiger partial charge in [0.05, 0.1) is 12.2 Å². The summed E-state index contributed by atoms with van der Waals surface area (Å²) in [4.78, 5) is 12.5. The van der Waals surface area contributed by atoms with Crippen molar-refractivity contribution in [3.63, 3.8) is 0 Å². The first kappa shape index (κ1) is 25.1. The third-order valence-electron chi connectivity index (χ3n) is 9.62. The fourth-order valence-corrected chi connectivity index (χ4v) is 7.77. The molecule has 0 saturated heterocycles. The van der Waals surface area contributed by atoms with Gasteiger partial charge in [-0.2, -0.15) is 0 Å². The number of hydrogen-bond donors (Lipinski definition) is 2. The summed E-state index contributed by atoms with van der Waals surface area (Å²) in [6, 6.07) is 6.17. The first-order valence-corrected chi connectivity index (χ1v) is 14.3. The monoisotopic (exact) mass is 484 g/mol. The van der Waals surface area contributed by atoms with E-state index in [4.69, 9.17) is 9.47 Å². The van der Waals surface area contributed by atoms with Crippen molar-refractivity contribution in [3.8, 4) is 5.75 Å². The molecule has 35 heavy (non-hydrogen) atoms. The highest BCUT2D eigenvalue weighted by Gasteiger charge is 2.45. The number of unbranched alkanes of at least 4 members (excludes halogenated alkanes) is 2. The molecule has 1 unspecified atom stereocenters. The summed E-state index contributed by atoms with van der Waals surface area (Å²) in [5.41, 5.74) is 2.49. The standard InChI is InChI=1S/C30H44O5/c1-2-3-4-7-23(31)11-12-24-25-15-20-6-5-8-28(26(20)16-22(25)17-27(24)32)34-18-30(33)35-29-14-19-9-10-21(29)13-19/h5-6,8,19,21-25,27,29,31-32H,2-4,7,9-18H2,1H3/t19?,21-,22+,23-,24-,25+,27-,29+/m1/s1. The normalized spacial score (nSPS) is 33.9. The van der Waals surface area contributed by atoms with Crippen molar-refractivity contribution in [2.75, 3.05) is 6.61 Å². The first-order valence-electron chi connectivity index (χ1n) is 14.3. The minimum absolute atomic E-state index is 0.0282. The Kier molecular flexibility index (Phi) is 8.03. The predicted octanol–water partition coefficient (Wildman–Crippen LogP) is 5.23. The Labute approximate surface area is 210 Å². The Morgan fingerprint density at radius 1 is 1.09 bits per heavy atom. The molecule has 3 saturated carbocycles. The van der Waals surface area contributed by atoms with Gasteiger partial charge in [0.2, 0.25) is 0 Å². The number of aliphatic hydroxyl groups excluding tert-OH is 2. The van der Waals surface area contributed by atoms with Crippen molar-refractivity contribution in [2.24, 2.45) is 29.6 Å². The van der Waals surface area contributed by atoms with Gasteiger partial charge in [0.25, 0.3) is 0 Å². The zero-order valence-corrected chi connectivity index (χ0v) is 21.4. The number of aliphatic hydroxyl groups is 2. The van der Waals surface area contributed by atoms with Crippen LogP contribution in [0.3, 0.4) is 0 Å². The third-order valence-corrected chi connectivity index (χ3v) is 9.62. The second-order valence-corrected chi connectivity index (χ2v) is 11.9. The predicted molar refractivity (Wildman–Crippen MR) is 135 cm³/mol. The van der Waals surface area contributed by atoms with Crippen LogP contribution in [0.15, 0.2) is 18.2 Å². The Hall–Kier alpha value is -1.59. The molecule has 1 aromatic carbocycles. The largest absolute Gasteiger partial charge is 0.482 e. The van der Waals surface area contributed by atoms with E-state index in [1.54, 1.807) is 0 Å². The average Bonchev–Trinajstić information content (AvgIpc) is 3.54. The summed E-state index contributed by atoms with van der Waals surface area (Å²) in [6.45, 7) is 2.16. The zero-order valence-electron chi connectivity index (χ0n) is 21.4. The van der Waals surface area contributed by atoms with Crippen molar-refractivity contribution in [3.05, 3.63) is 29.3 Å². The lowest BCUT2D eigenvalue weighted by Crippen LogP contribution is -2.29. The van der Waals surface area contributed by atoms with E-state index in [1.165, 1.54) is 43.2 Å². The van der Waals surface area contributed by atoms with Crippen LogP contribution in [0.5, 0.6) is 5.75 Å². The van der Waals surface area contributed by atoms with Gasteiger partial charge in [0, 0.05) is 0 Å². The summed E-state index contributed by atoms with van der Waals surface area (Å²) in [6.07, 6.45) is 12.9. The third kappa shape index (κ3) is 5.72. The fraction of sp³-hybridized carbons (Fsp3) is 0.767. The highest BCUT2D eigenvalue weighted by Crippen LogP contribution is 2.49. The van der Waals surface area contributed by atoms with Gasteiger partial charge in [0.1, 0.15) is 11.9 Å². The van der Waals surface area contributed by atoms with Crippen LogP contribution in [0.4, 0.5) is 0 Å². The molecule has 5 heteroatoms. The Morgan fingerprint density at radius 2 is 1.97 bits per heavy atom. The van der Waals surface area contributed by atoms with Gasteiger partial charge in [-0.05, 0) is 111 Å². The Morgan fingerprint density at radius 3 is 2.74 bits per heavy atom. The lowest BCUT2D eigenvalue weighted by Gasteiger charge is -2.32. The molecular formula is C30H44O5. The number of hydrogen-bond acceptors (Lipinski definition) is 5. The van der Waals surface area contributed by atoms with Crippen LogP contribution in [0.2, 0.25) is 0 Å². The van der Waals surface area contributed by atoms with Crippen LogP contribution in [0, 0.1) is 29.6 Å². The highest BCUT2D eigenvalue weighted by atomic mass is 16.6. The van der Waals surface area contributed by atoms with Crippen LogP contribution in [0.25, 0.3) is 0 Å². The van der Waals surface area contributed by atoms with E-state index in [0.717, 1.165) is 63.0 Å². The number of ether oxygens (including phenoxy) is 2. The Balaban J connectivity index is 1.15. The number of esters is 1. The number of rotatable bonds is 11. The van der Waals surface area contributed by atoms with Gasteiger partial charge in [-0.3, -0.25) is 0 Å². The topological polar surface area (TPSA) is 76.0 Å². The zero-order chi connectivity index (χ0) is 24.4. The molecule has 1 aromatic rings. The molecule has 4 aliphatic rings. The molecule has 0 heterocycles. The lowest BCUT2D eigenvalue weighted by atomic mass is 9.73. The van der Waals surface area contributed by atoms with Gasteiger partial charge < -0.3 is 19.7 Å². The quantitative estimate of drug-likeness (QED) is 0.332. The van der Waals surface area contributed by atoms with Crippen molar-refractivity contribution in [1.82, 2.24) is 0 Å². The minimum Gasteiger partial charge on any atom is -0.482 e. The van der Waals surface area contributed by atoms with Crippen LogP contribution in [-0.2, 0) is 22.4 Å². The smallest absolute Gasteiger partial charge is 0.344 e. The SMILES string of the molecule is CCCCC[C@@H](O)CC[C@@H]1[C@H]2Cc3cccc(OCC(=O)O[C@H]4CC5CC[C@@H]4C5)c3C[C@H]2C[C@H]1O. The van der Waals surface area contributed by atoms with Crippen LogP contribution in [-0.4, -0.2) is 41.1 Å². The number of fused-ring (bicyclic) bond motifs is 4. The number of benzene rings is 1. The molecule has 2 bridgehead atoms. The summed E-state index contributed by atoms with van der Waals surface area (Å²) >= 11 is 0. The summed E-state index contributed by atoms with van der Waals surface area (Å²) in [5, 5.41) is 21.3. The second-order valence-electron chi connectivity index (χ2n) is 11.9. The number of carbonyl (C=O) groups is 1. The molecule has 194 valence electrons. The molecule has 2 N–H and O–H groups in total. The molecule has 3 fully saturated rings. The van der Waals surface area contributed by atoms with Gasteiger partial charge in [-0.15, -0.1) is 0 Å². The first-order chi connectivity index (χ1) is 17.0. The van der Waals surface area contributed by atoms with Crippen molar-refractivity contribution in [2.45, 2.75) is 109 Å². The van der Waals surface area contributed by atoms with Gasteiger partial charge in [0.15, 0.2) is 6.61 Å². The minimum atomic E-state index is -0.289. The van der Waals surface area contributed by atoms with E-state index in [-0.39, 0.29) is 36.8 Å². The molecule has 5 rings (SSSR count). The maximum absolute atomic E-state index is 12.5. The second kappa shape index (κ2) is 11.2. The van der Waals surface area contributed by atoms with Gasteiger partial charge >= 0.3 is 5.97 Å². The Bertz CT molecular complexity index is 868. The highest BCUT2D eigenvalue weighted by molar-refractivity contribution is 5.71. The van der Waals surface area contributed by atoms with E-state index in [0.29, 0.717) is 17.8 Å². The molecule has 0 amide bonds. The molecule has 0 radical (unpaired) electrons. The van der Waals surface area contributed by atoms with Crippen molar-refractivity contribution < 1.29 is 24.5 Å². The maximum Gasteiger partial charge on any atom is 0.344 e. The van der Waals surface area contributed by atoms with Crippen LogP contribution >= 0.6 is 0 Å². The molecule has 0 aliphatic heterocycles. The van der Waals surface area contributed by atoms with Gasteiger partial charge in [-0.1, -0.05) is 38.3 Å². The maximum atomic E-state index is 12.5. The van der Waals surface area contributed by atoms with E-state index >= 15 is 0 Å². The molecule has 0 spiro atoms. The van der Waals surface area contributed by atoms with Gasteiger partial charge in [-0.25, -0.2) is 4.79 Å². The van der Waals surface area contributed by atoms with Crippen molar-refractivity contribution in [1.29, 1.82) is 0 Å². The fourth-order valence-electron chi connectivity index (χ4n) is 7.77. The van der Waals surface area contributed by atoms with E-state index in [2.05, 4.69) is 13.0 Å². The molecular weight excluding hydrogens is 440 g/mol. The van der Waals surface area contributed by atoms with Crippen molar-refractivity contribution >= 4 is 5.97 Å². The molecule has 4 aliphatic carbocycles. The van der Waals surface area contributed by atoms with E-state index < -0.39 is 0 Å². The molecule has 0 aromatic heterocycles. The average molecular weight is 485 g/mol. The van der Waals surface area contributed by atoms with Crippen LogP contribution in [0.1, 0.15) is 88.7 Å². The summed E-state index contributed by atoms with van der Waals surface area (Å²) in [7, 11) is 0.